The van der Waals surface area contributed by atoms with Crippen molar-refractivity contribution in [2.24, 2.45) is 5.73 Å². The fraction of sp³-hybridized carbons (Fsp3) is 0.172. The van der Waals surface area contributed by atoms with Gasteiger partial charge in [0.2, 0.25) is 0 Å². The van der Waals surface area contributed by atoms with Gasteiger partial charge in [-0.2, -0.15) is 0 Å². The predicted octanol–water partition coefficient (Wildman–Crippen LogP) is 4.64. The Morgan fingerprint density at radius 2 is 1.35 bits per heavy atom. The van der Waals surface area contributed by atoms with E-state index < -0.39 is 11.4 Å². The van der Waals surface area contributed by atoms with Crippen molar-refractivity contribution in [1.29, 1.82) is 0 Å². The van der Waals surface area contributed by atoms with E-state index in [0.717, 1.165) is 33.3 Å². The van der Waals surface area contributed by atoms with E-state index in [1.807, 2.05) is 72.8 Å². The molecule has 1 heterocycles. The Hall–Kier alpha value is -3.85. The van der Waals surface area contributed by atoms with Crippen LogP contribution in [0.25, 0.3) is 21.9 Å². The lowest BCUT2D eigenvalue weighted by atomic mass is 9.94. The molecule has 5 rings (SSSR count). The molecule has 0 radical (unpaired) electrons. The summed E-state index contributed by atoms with van der Waals surface area (Å²) in [5.41, 5.74) is 10.5. The topological polar surface area (TPSA) is 111 Å². The van der Waals surface area contributed by atoms with Crippen molar-refractivity contribution in [1.82, 2.24) is 4.90 Å². The van der Waals surface area contributed by atoms with E-state index in [1.54, 1.807) is 12.1 Å². The van der Waals surface area contributed by atoms with Gasteiger partial charge in [0.25, 0.3) is 11.8 Å². The Morgan fingerprint density at radius 3 is 1.92 bits per heavy atom. The molecule has 0 fully saturated rings. The average molecular weight is 513 g/mol. The number of carbonyl (C=O) groups is 2. The molecule has 0 aliphatic carbocycles. The highest BCUT2D eigenvalue weighted by Crippen LogP contribution is 2.30. The van der Waals surface area contributed by atoms with Crippen LogP contribution in [0.3, 0.4) is 0 Å². The smallest absolute Gasteiger partial charge is 0.261 e. The standard InChI is InChI=1S/C29H28N4O3S/c30-16-19-37(36)32-24-14-10-21(11-15-24)20-8-12-23(13-9-20)31-17-3-18-33-28(34)25-6-1-4-22-5-2-7-26(27(22)25)29(33)35/h1-2,4-15,31-32H,3,16-19,30H2. The highest BCUT2D eigenvalue weighted by Gasteiger charge is 2.32. The van der Waals surface area contributed by atoms with Gasteiger partial charge in [0.1, 0.15) is 5.75 Å². The number of nitrogens with one attached hydrogen (secondary N) is 2. The second kappa shape index (κ2) is 11.0. The van der Waals surface area contributed by atoms with Crippen molar-refractivity contribution in [2.75, 3.05) is 35.4 Å². The molecule has 1 aliphatic heterocycles. The highest BCUT2D eigenvalue weighted by atomic mass is 32.2. The van der Waals surface area contributed by atoms with Crippen LogP contribution in [0.5, 0.6) is 0 Å². The maximum atomic E-state index is 13.0. The van der Waals surface area contributed by atoms with Crippen LogP contribution < -0.4 is 15.8 Å². The zero-order valence-electron chi connectivity index (χ0n) is 20.3. The third kappa shape index (κ3) is 5.32. The zero-order chi connectivity index (χ0) is 25.8. The van der Waals surface area contributed by atoms with Crippen LogP contribution in [0.4, 0.5) is 11.4 Å². The lowest BCUT2D eigenvalue weighted by Crippen LogP contribution is -2.41. The molecular weight excluding hydrogens is 484 g/mol. The molecule has 7 nitrogen and oxygen atoms in total. The first-order chi connectivity index (χ1) is 18.0. The van der Waals surface area contributed by atoms with E-state index in [4.69, 9.17) is 5.73 Å². The van der Waals surface area contributed by atoms with E-state index >= 15 is 0 Å². The van der Waals surface area contributed by atoms with E-state index in [0.29, 0.717) is 42.9 Å². The summed E-state index contributed by atoms with van der Waals surface area (Å²) in [6, 6.07) is 27.0. The summed E-state index contributed by atoms with van der Waals surface area (Å²) in [4.78, 5) is 27.4. The van der Waals surface area contributed by atoms with Crippen LogP contribution in [0, 0.1) is 0 Å². The van der Waals surface area contributed by atoms with Gasteiger partial charge >= 0.3 is 0 Å². The molecule has 1 unspecified atom stereocenters. The monoisotopic (exact) mass is 512 g/mol. The molecule has 1 atom stereocenters. The van der Waals surface area contributed by atoms with Gasteiger partial charge in [0, 0.05) is 41.8 Å². The van der Waals surface area contributed by atoms with Gasteiger partial charge in [-0.3, -0.25) is 14.5 Å². The van der Waals surface area contributed by atoms with Crippen LogP contribution in [-0.4, -0.2) is 46.7 Å². The lowest BCUT2D eigenvalue weighted by Gasteiger charge is -2.27. The fourth-order valence-electron chi connectivity index (χ4n) is 4.55. The van der Waals surface area contributed by atoms with Crippen molar-refractivity contribution in [2.45, 2.75) is 6.42 Å². The van der Waals surface area contributed by atoms with Gasteiger partial charge < -0.3 is 15.6 Å². The van der Waals surface area contributed by atoms with Crippen LogP contribution >= 0.6 is 0 Å². The van der Waals surface area contributed by atoms with E-state index in [-0.39, 0.29) is 11.8 Å². The first-order valence-corrected chi connectivity index (χ1v) is 13.5. The highest BCUT2D eigenvalue weighted by molar-refractivity contribution is 7.92. The number of anilines is 2. The third-order valence-corrected chi connectivity index (χ3v) is 7.45. The fourth-order valence-corrected chi connectivity index (χ4v) is 5.27. The van der Waals surface area contributed by atoms with E-state index in [9.17, 15) is 14.1 Å². The Kier molecular flexibility index (Phi) is 7.41. The van der Waals surface area contributed by atoms with Gasteiger partial charge in [0.15, 0.2) is 0 Å². The average Bonchev–Trinajstić information content (AvgIpc) is 2.92. The molecule has 4 aromatic carbocycles. The molecule has 0 spiro atoms. The van der Waals surface area contributed by atoms with E-state index in [2.05, 4.69) is 10.0 Å². The van der Waals surface area contributed by atoms with Crippen molar-refractivity contribution >= 4 is 45.3 Å². The molecule has 0 aromatic heterocycles. The maximum Gasteiger partial charge on any atom is 0.261 e. The molecule has 1 aliphatic rings. The molecule has 0 bridgehead atoms. The number of benzene rings is 4. The Morgan fingerprint density at radius 1 is 0.784 bits per heavy atom. The largest absolute Gasteiger partial charge is 0.593 e. The van der Waals surface area contributed by atoms with Gasteiger partial charge in [0.05, 0.1) is 17.0 Å². The summed E-state index contributed by atoms with van der Waals surface area (Å²) in [6.07, 6.45) is 0.636. The summed E-state index contributed by atoms with van der Waals surface area (Å²) < 4.78 is 14.7. The minimum absolute atomic E-state index is 0.231. The van der Waals surface area contributed by atoms with Gasteiger partial charge in [-0.05, 0) is 59.3 Å². The van der Waals surface area contributed by atoms with Crippen LogP contribution in [-0.2, 0) is 11.4 Å². The minimum Gasteiger partial charge on any atom is -0.593 e. The summed E-state index contributed by atoms with van der Waals surface area (Å²) >= 11 is -1.17. The Bertz CT molecular complexity index is 1370. The summed E-state index contributed by atoms with van der Waals surface area (Å²) in [7, 11) is 0. The SMILES string of the molecule is NCC[S+]([O-])Nc1ccc(-c2ccc(NCCCN3C(=O)c4cccc5cccc(c45)C3=O)cc2)cc1. The third-order valence-electron chi connectivity index (χ3n) is 6.38. The van der Waals surface area contributed by atoms with Crippen molar-refractivity contribution < 1.29 is 14.1 Å². The second-order valence-corrected chi connectivity index (χ2v) is 10.2. The summed E-state index contributed by atoms with van der Waals surface area (Å²) in [6.45, 7) is 1.35. The molecule has 4 aromatic rings. The normalized spacial score (nSPS) is 13.6. The number of amides is 2. The molecule has 4 N–H and O–H groups in total. The number of imide groups is 1. The first kappa shape index (κ1) is 24.8. The first-order valence-electron chi connectivity index (χ1n) is 12.2. The number of nitrogens with two attached hydrogens (primary N) is 1. The maximum absolute atomic E-state index is 13.0. The van der Waals surface area contributed by atoms with Crippen molar-refractivity contribution in [3.63, 3.8) is 0 Å². The summed E-state index contributed by atoms with van der Waals surface area (Å²) in [5, 5.41) is 5.03. The van der Waals surface area contributed by atoms with Crippen LogP contribution in [0.2, 0.25) is 0 Å². The van der Waals surface area contributed by atoms with Crippen molar-refractivity contribution in [3.05, 3.63) is 96.1 Å². The van der Waals surface area contributed by atoms with Gasteiger partial charge in [-0.1, -0.05) is 48.5 Å². The number of carbonyl (C=O) groups excluding carboxylic acids is 2. The quantitative estimate of drug-likeness (QED) is 0.162. The predicted molar refractivity (Wildman–Crippen MR) is 150 cm³/mol. The lowest BCUT2D eigenvalue weighted by molar-refractivity contribution is 0.0610. The number of nitrogens with zero attached hydrogens (tertiary/aromatic N) is 1. The Balaban J connectivity index is 1.15. The minimum atomic E-state index is -1.17. The van der Waals surface area contributed by atoms with Crippen LogP contribution in [0.15, 0.2) is 84.9 Å². The van der Waals surface area contributed by atoms with E-state index in [1.165, 1.54) is 4.90 Å². The molecular formula is C29H28N4O3S. The van der Waals surface area contributed by atoms with Gasteiger partial charge in [-0.25, -0.2) is 4.72 Å². The van der Waals surface area contributed by atoms with Gasteiger partial charge in [-0.15, -0.1) is 0 Å². The molecule has 0 saturated carbocycles. The number of hydrogen-bond acceptors (Lipinski definition) is 6. The molecule has 2 amide bonds. The molecule has 8 heteroatoms. The van der Waals surface area contributed by atoms with Crippen molar-refractivity contribution in [3.8, 4) is 11.1 Å². The molecule has 188 valence electrons. The zero-order valence-corrected chi connectivity index (χ0v) is 21.1. The molecule has 37 heavy (non-hydrogen) atoms. The Labute approximate surface area is 219 Å². The second-order valence-electron chi connectivity index (χ2n) is 8.85. The molecule has 0 saturated heterocycles. The van der Waals surface area contributed by atoms with Crippen LogP contribution in [0.1, 0.15) is 27.1 Å². The number of rotatable bonds is 10. The number of hydrogen-bond donors (Lipinski definition) is 3. The summed E-state index contributed by atoms with van der Waals surface area (Å²) in [5.74, 6) is -0.0540.